The fourth-order valence-corrected chi connectivity index (χ4v) is 2.24. The average Bonchev–Trinajstić information content (AvgIpc) is 2.45. The third-order valence-electron chi connectivity index (χ3n) is 3.07. The highest BCUT2D eigenvalue weighted by Gasteiger charge is 1.97. The van der Waals surface area contributed by atoms with Crippen LogP contribution in [0.15, 0.2) is 54.6 Å². The van der Waals surface area contributed by atoms with E-state index >= 15 is 0 Å². The maximum atomic E-state index is 6.00. The standard InChI is InChI=1S/C18H13ClN/c1-13-3-2-4-14(11-13)5-9-17-10-7-15-6-8-16(19)12-18(15)20-17/h2-12H,1H2. The molecule has 0 atom stereocenters. The van der Waals surface area contributed by atoms with Crippen LogP contribution in [0.1, 0.15) is 16.8 Å². The zero-order valence-corrected chi connectivity index (χ0v) is 11.6. The van der Waals surface area contributed by atoms with Crippen LogP contribution in [0.5, 0.6) is 0 Å². The number of nitrogens with zero attached hydrogens (tertiary/aromatic N) is 1. The van der Waals surface area contributed by atoms with Crippen molar-refractivity contribution in [3.8, 4) is 0 Å². The molecule has 0 aliphatic carbocycles. The number of hydrogen-bond donors (Lipinski definition) is 0. The first kappa shape index (κ1) is 12.9. The lowest BCUT2D eigenvalue weighted by Crippen LogP contribution is -1.83. The zero-order valence-electron chi connectivity index (χ0n) is 10.9. The fourth-order valence-electron chi connectivity index (χ4n) is 2.08. The zero-order chi connectivity index (χ0) is 13.9. The smallest absolute Gasteiger partial charge is 0.0724 e. The van der Waals surface area contributed by atoms with Crippen molar-refractivity contribution < 1.29 is 0 Å². The van der Waals surface area contributed by atoms with Crippen LogP contribution in [-0.4, -0.2) is 4.98 Å². The highest BCUT2D eigenvalue weighted by molar-refractivity contribution is 6.31. The molecule has 3 aromatic rings. The van der Waals surface area contributed by atoms with Gasteiger partial charge >= 0.3 is 0 Å². The van der Waals surface area contributed by atoms with Crippen LogP contribution in [0.2, 0.25) is 5.02 Å². The van der Waals surface area contributed by atoms with Gasteiger partial charge in [0.15, 0.2) is 0 Å². The molecule has 97 valence electrons. The van der Waals surface area contributed by atoms with Crippen molar-refractivity contribution in [2.24, 2.45) is 0 Å². The van der Waals surface area contributed by atoms with E-state index in [1.54, 1.807) is 0 Å². The van der Waals surface area contributed by atoms with Crippen molar-refractivity contribution in [1.29, 1.82) is 0 Å². The van der Waals surface area contributed by atoms with Gasteiger partial charge in [0.1, 0.15) is 0 Å². The summed E-state index contributed by atoms with van der Waals surface area (Å²) in [7, 11) is 0. The van der Waals surface area contributed by atoms with Crippen LogP contribution in [0, 0.1) is 6.92 Å². The van der Waals surface area contributed by atoms with Crippen molar-refractivity contribution in [2.75, 3.05) is 0 Å². The van der Waals surface area contributed by atoms with E-state index in [-0.39, 0.29) is 0 Å². The molecule has 1 aromatic heterocycles. The second kappa shape index (κ2) is 5.48. The minimum absolute atomic E-state index is 0.705. The Hall–Kier alpha value is -2.12. The number of pyridine rings is 1. The van der Waals surface area contributed by atoms with Gasteiger partial charge in [-0.05, 0) is 42.3 Å². The largest absolute Gasteiger partial charge is 0.248 e. The summed E-state index contributed by atoms with van der Waals surface area (Å²) in [4.78, 5) is 4.59. The Morgan fingerprint density at radius 2 is 1.80 bits per heavy atom. The molecule has 0 saturated heterocycles. The maximum Gasteiger partial charge on any atom is 0.0724 e. The van der Waals surface area contributed by atoms with Gasteiger partial charge in [-0.2, -0.15) is 0 Å². The fraction of sp³-hybridized carbons (Fsp3) is 0. The summed E-state index contributed by atoms with van der Waals surface area (Å²) >= 11 is 6.00. The predicted octanol–water partition coefficient (Wildman–Crippen LogP) is 5.24. The van der Waals surface area contributed by atoms with E-state index < -0.39 is 0 Å². The summed E-state index contributed by atoms with van der Waals surface area (Å²) in [6.07, 6.45) is 4.03. The molecule has 0 unspecified atom stereocenters. The molecule has 1 radical (unpaired) electrons. The molecule has 0 aliphatic heterocycles. The summed E-state index contributed by atoms with van der Waals surface area (Å²) in [5.41, 5.74) is 3.94. The molecule has 1 nitrogen and oxygen atoms in total. The summed E-state index contributed by atoms with van der Waals surface area (Å²) < 4.78 is 0. The second-order valence-electron chi connectivity index (χ2n) is 4.65. The lowest BCUT2D eigenvalue weighted by Gasteiger charge is -2.00. The van der Waals surface area contributed by atoms with Crippen molar-refractivity contribution in [3.63, 3.8) is 0 Å². The van der Waals surface area contributed by atoms with Crippen LogP contribution in [-0.2, 0) is 0 Å². The molecular formula is C18H13ClN. The van der Waals surface area contributed by atoms with Gasteiger partial charge in [0.2, 0.25) is 0 Å². The Balaban J connectivity index is 1.94. The lowest BCUT2D eigenvalue weighted by molar-refractivity contribution is 1.37. The number of halogens is 1. The monoisotopic (exact) mass is 278 g/mol. The van der Waals surface area contributed by atoms with Gasteiger partial charge in [0.05, 0.1) is 11.2 Å². The summed E-state index contributed by atoms with van der Waals surface area (Å²) in [6, 6.07) is 17.8. The van der Waals surface area contributed by atoms with E-state index in [9.17, 15) is 0 Å². The van der Waals surface area contributed by atoms with E-state index in [0.29, 0.717) is 5.02 Å². The van der Waals surface area contributed by atoms with E-state index in [4.69, 9.17) is 11.6 Å². The van der Waals surface area contributed by atoms with E-state index in [1.165, 1.54) is 0 Å². The molecule has 2 aromatic carbocycles. The minimum Gasteiger partial charge on any atom is -0.248 e. The molecule has 0 amide bonds. The normalized spacial score (nSPS) is 11.3. The Labute approximate surface area is 123 Å². The molecule has 0 aliphatic rings. The molecule has 1 heterocycles. The van der Waals surface area contributed by atoms with Crippen molar-refractivity contribution >= 4 is 34.7 Å². The van der Waals surface area contributed by atoms with Crippen LogP contribution in [0.25, 0.3) is 23.1 Å². The van der Waals surface area contributed by atoms with Gasteiger partial charge in [0.25, 0.3) is 0 Å². The molecule has 0 bridgehead atoms. The van der Waals surface area contributed by atoms with E-state index in [1.807, 2.05) is 60.7 Å². The third kappa shape index (κ3) is 2.89. The Kier molecular flexibility index (Phi) is 3.53. The van der Waals surface area contributed by atoms with Crippen LogP contribution in [0.4, 0.5) is 0 Å². The maximum absolute atomic E-state index is 6.00. The number of aromatic nitrogens is 1. The first-order chi connectivity index (χ1) is 9.70. The first-order valence-corrected chi connectivity index (χ1v) is 6.75. The molecule has 2 heteroatoms. The quantitative estimate of drug-likeness (QED) is 0.624. The minimum atomic E-state index is 0.705. The lowest BCUT2D eigenvalue weighted by atomic mass is 10.1. The van der Waals surface area contributed by atoms with Gasteiger partial charge in [-0.3, -0.25) is 0 Å². The summed E-state index contributed by atoms with van der Waals surface area (Å²) in [6.45, 7) is 3.92. The number of hydrogen-bond acceptors (Lipinski definition) is 1. The molecule has 0 N–H and O–H groups in total. The second-order valence-corrected chi connectivity index (χ2v) is 5.09. The average molecular weight is 279 g/mol. The van der Waals surface area contributed by atoms with E-state index in [0.717, 1.165) is 27.7 Å². The topological polar surface area (TPSA) is 12.9 Å². The van der Waals surface area contributed by atoms with Gasteiger partial charge in [-0.15, -0.1) is 0 Å². The van der Waals surface area contributed by atoms with Gasteiger partial charge in [-0.1, -0.05) is 54.1 Å². The van der Waals surface area contributed by atoms with Gasteiger partial charge in [0, 0.05) is 10.4 Å². The Morgan fingerprint density at radius 3 is 2.65 bits per heavy atom. The Bertz CT molecular complexity index is 790. The van der Waals surface area contributed by atoms with E-state index in [2.05, 4.69) is 18.0 Å². The molecule has 0 fully saturated rings. The molecule has 20 heavy (non-hydrogen) atoms. The molecule has 0 saturated carbocycles. The molecule has 3 rings (SSSR count). The van der Waals surface area contributed by atoms with Crippen molar-refractivity contribution in [3.05, 3.63) is 83.4 Å². The van der Waals surface area contributed by atoms with Crippen molar-refractivity contribution in [2.45, 2.75) is 0 Å². The Morgan fingerprint density at radius 1 is 0.950 bits per heavy atom. The van der Waals surface area contributed by atoms with Gasteiger partial charge in [-0.25, -0.2) is 4.98 Å². The third-order valence-corrected chi connectivity index (χ3v) is 3.31. The van der Waals surface area contributed by atoms with Gasteiger partial charge < -0.3 is 0 Å². The number of rotatable bonds is 2. The highest BCUT2D eigenvalue weighted by atomic mass is 35.5. The summed E-state index contributed by atoms with van der Waals surface area (Å²) in [5.74, 6) is 0. The first-order valence-electron chi connectivity index (χ1n) is 6.37. The SMILES string of the molecule is [CH2]c1cccc(C=Cc2ccc3ccc(Cl)cc3n2)c1. The summed E-state index contributed by atoms with van der Waals surface area (Å²) in [5, 5.41) is 1.79. The number of fused-ring (bicyclic) bond motifs is 1. The van der Waals surface area contributed by atoms with Crippen LogP contribution in [0.3, 0.4) is 0 Å². The molecular weight excluding hydrogens is 266 g/mol. The highest BCUT2D eigenvalue weighted by Crippen LogP contribution is 2.19. The van der Waals surface area contributed by atoms with Crippen LogP contribution >= 0.6 is 11.6 Å². The predicted molar refractivity (Wildman–Crippen MR) is 86.6 cm³/mol. The van der Waals surface area contributed by atoms with Crippen molar-refractivity contribution in [1.82, 2.24) is 4.98 Å². The molecule has 0 spiro atoms. The number of benzene rings is 2. The van der Waals surface area contributed by atoms with Crippen LogP contribution < -0.4 is 0 Å².